The van der Waals surface area contributed by atoms with Crippen molar-refractivity contribution in [1.29, 1.82) is 0 Å². The van der Waals surface area contributed by atoms with Gasteiger partial charge in [0.15, 0.2) is 0 Å². The van der Waals surface area contributed by atoms with E-state index < -0.39 is 17.2 Å². The van der Waals surface area contributed by atoms with Gasteiger partial charge in [0, 0.05) is 5.56 Å². The first kappa shape index (κ1) is 14.7. The van der Waals surface area contributed by atoms with Gasteiger partial charge in [-0.2, -0.15) is 0 Å². The quantitative estimate of drug-likeness (QED) is 0.533. The van der Waals surface area contributed by atoms with Gasteiger partial charge in [-0.1, -0.05) is 0 Å². The Morgan fingerprint density at radius 2 is 1.29 bits per heavy atom. The SMILES string of the molecule is O=C(O)c1ccc(C(=O)Oc2ccc(C(=O)Cl)cc2)cc1. The van der Waals surface area contributed by atoms with E-state index in [9.17, 15) is 14.4 Å². The smallest absolute Gasteiger partial charge is 0.343 e. The van der Waals surface area contributed by atoms with Crippen LogP contribution in [0.5, 0.6) is 5.75 Å². The first-order chi connectivity index (χ1) is 9.97. The van der Waals surface area contributed by atoms with Gasteiger partial charge in [0.05, 0.1) is 11.1 Å². The summed E-state index contributed by atoms with van der Waals surface area (Å²) in [4.78, 5) is 33.5. The Bertz CT molecular complexity index is 689. The molecule has 2 aromatic rings. The number of carbonyl (C=O) groups excluding carboxylic acids is 2. The number of carboxylic acids is 1. The molecule has 0 amide bonds. The number of halogens is 1. The lowest BCUT2D eigenvalue weighted by atomic mass is 10.1. The van der Waals surface area contributed by atoms with Crippen LogP contribution >= 0.6 is 11.6 Å². The molecule has 1 N–H and O–H groups in total. The number of esters is 1. The molecule has 0 aliphatic heterocycles. The van der Waals surface area contributed by atoms with E-state index in [1.807, 2.05) is 0 Å². The average Bonchev–Trinajstić information content (AvgIpc) is 2.47. The molecule has 0 bridgehead atoms. The van der Waals surface area contributed by atoms with Gasteiger partial charge >= 0.3 is 11.9 Å². The fourth-order valence-electron chi connectivity index (χ4n) is 1.57. The fourth-order valence-corrected chi connectivity index (χ4v) is 1.69. The minimum absolute atomic E-state index is 0.0801. The summed E-state index contributed by atoms with van der Waals surface area (Å²) >= 11 is 5.30. The number of carbonyl (C=O) groups is 3. The van der Waals surface area contributed by atoms with Crippen LogP contribution in [0.2, 0.25) is 0 Å². The van der Waals surface area contributed by atoms with Crippen LogP contribution in [-0.2, 0) is 0 Å². The molecule has 2 aromatic carbocycles. The van der Waals surface area contributed by atoms with Gasteiger partial charge in [-0.25, -0.2) is 9.59 Å². The minimum Gasteiger partial charge on any atom is -0.478 e. The molecule has 0 aliphatic carbocycles. The number of rotatable bonds is 4. The Morgan fingerprint density at radius 3 is 1.76 bits per heavy atom. The fraction of sp³-hybridized carbons (Fsp3) is 0. The molecule has 0 aromatic heterocycles. The second-order valence-corrected chi connectivity index (χ2v) is 4.41. The van der Waals surface area contributed by atoms with Crippen molar-refractivity contribution >= 4 is 28.8 Å². The highest BCUT2D eigenvalue weighted by molar-refractivity contribution is 6.67. The summed E-state index contributed by atoms with van der Waals surface area (Å²) in [6, 6.07) is 11.1. The van der Waals surface area contributed by atoms with E-state index >= 15 is 0 Å². The third-order valence-electron chi connectivity index (χ3n) is 2.66. The zero-order valence-electron chi connectivity index (χ0n) is 10.6. The summed E-state index contributed by atoms with van der Waals surface area (Å²) in [7, 11) is 0. The summed E-state index contributed by atoms with van der Waals surface area (Å²) in [5, 5.41) is 8.17. The first-order valence-electron chi connectivity index (χ1n) is 5.83. The Balaban J connectivity index is 2.10. The molecule has 5 nitrogen and oxygen atoms in total. The molecule has 6 heteroatoms. The van der Waals surface area contributed by atoms with E-state index in [0.717, 1.165) is 0 Å². The molecule has 0 fully saturated rings. The van der Waals surface area contributed by atoms with E-state index in [1.165, 1.54) is 48.5 Å². The average molecular weight is 305 g/mol. The highest BCUT2D eigenvalue weighted by Gasteiger charge is 2.10. The molecule has 0 saturated heterocycles. The Kier molecular flexibility index (Phi) is 4.35. The van der Waals surface area contributed by atoms with Crippen LogP contribution in [0, 0.1) is 0 Å². The van der Waals surface area contributed by atoms with E-state index in [2.05, 4.69) is 0 Å². The number of ether oxygens (including phenoxy) is 1. The highest BCUT2D eigenvalue weighted by Crippen LogP contribution is 2.15. The second-order valence-electron chi connectivity index (χ2n) is 4.07. The minimum atomic E-state index is -1.07. The van der Waals surface area contributed by atoms with Gasteiger partial charge < -0.3 is 9.84 Å². The van der Waals surface area contributed by atoms with Gasteiger partial charge in [-0.05, 0) is 60.1 Å². The van der Waals surface area contributed by atoms with Crippen molar-refractivity contribution in [2.75, 3.05) is 0 Å². The molecule has 0 spiro atoms. The van der Waals surface area contributed by atoms with Crippen LogP contribution in [-0.4, -0.2) is 22.3 Å². The molecule has 0 heterocycles. The Hall–Kier alpha value is -2.66. The van der Waals surface area contributed by atoms with Crippen molar-refractivity contribution < 1.29 is 24.2 Å². The maximum atomic E-state index is 11.9. The lowest BCUT2D eigenvalue weighted by Gasteiger charge is -2.05. The first-order valence-corrected chi connectivity index (χ1v) is 6.20. The van der Waals surface area contributed by atoms with Crippen LogP contribution in [0.15, 0.2) is 48.5 Å². The third kappa shape index (κ3) is 3.67. The Labute approximate surface area is 124 Å². The lowest BCUT2D eigenvalue weighted by molar-refractivity contribution is 0.0691. The van der Waals surface area contributed by atoms with E-state index in [0.29, 0.717) is 5.56 Å². The maximum Gasteiger partial charge on any atom is 0.343 e. The molecule has 106 valence electrons. The molecular formula is C15H9ClO5. The molecule has 0 radical (unpaired) electrons. The number of benzene rings is 2. The predicted octanol–water partition coefficient (Wildman–Crippen LogP) is 2.98. The molecule has 21 heavy (non-hydrogen) atoms. The van der Waals surface area contributed by atoms with E-state index in [4.69, 9.17) is 21.4 Å². The standard InChI is InChI=1S/C15H9ClO5/c16-13(17)9-5-7-12(8-6-9)21-15(20)11-3-1-10(2-4-11)14(18)19/h1-8H,(H,18,19). The highest BCUT2D eigenvalue weighted by atomic mass is 35.5. The molecular weight excluding hydrogens is 296 g/mol. The zero-order valence-corrected chi connectivity index (χ0v) is 11.3. The zero-order chi connectivity index (χ0) is 15.4. The van der Waals surface area contributed by atoms with E-state index in [1.54, 1.807) is 0 Å². The van der Waals surface area contributed by atoms with Crippen LogP contribution in [0.25, 0.3) is 0 Å². The number of aromatic carboxylic acids is 1. The molecule has 0 saturated carbocycles. The topological polar surface area (TPSA) is 80.7 Å². The summed E-state index contributed by atoms with van der Waals surface area (Å²) in [5.74, 6) is -1.45. The van der Waals surface area contributed by atoms with Gasteiger partial charge in [0.1, 0.15) is 5.75 Å². The monoisotopic (exact) mass is 304 g/mol. The maximum absolute atomic E-state index is 11.9. The van der Waals surface area contributed by atoms with Crippen LogP contribution in [0.3, 0.4) is 0 Å². The Morgan fingerprint density at radius 1 is 0.810 bits per heavy atom. The molecule has 0 atom stereocenters. The number of hydrogen-bond acceptors (Lipinski definition) is 4. The number of hydrogen-bond donors (Lipinski definition) is 1. The van der Waals surface area contributed by atoms with Crippen molar-refractivity contribution in [3.63, 3.8) is 0 Å². The third-order valence-corrected chi connectivity index (χ3v) is 2.88. The van der Waals surface area contributed by atoms with Crippen LogP contribution in [0.4, 0.5) is 0 Å². The molecule has 0 unspecified atom stereocenters. The van der Waals surface area contributed by atoms with Gasteiger partial charge in [-0.3, -0.25) is 4.79 Å². The number of carboxylic acid groups (broad SMARTS) is 1. The summed E-state index contributed by atoms with van der Waals surface area (Å²) in [5.41, 5.74) is 0.594. The molecule has 0 aliphatic rings. The van der Waals surface area contributed by atoms with Crippen molar-refractivity contribution in [2.24, 2.45) is 0 Å². The summed E-state index contributed by atoms with van der Waals surface area (Å²) in [6.45, 7) is 0. The van der Waals surface area contributed by atoms with Crippen LogP contribution < -0.4 is 4.74 Å². The van der Waals surface area contributed by atoms with Gasteiger partial charge in [0.2, 0.25) is 0 Å². The lowest BCUT2D eigenvalue weighted by Crippen LogP contribution is -2.09. The predicted molar refractivity (Wildman–Crippen MR) is 75.0 cm³/mol. The molecule has 2 rings (SSSR count). The second kappa shape index (κ2) is 6.19. The van der Waals surface area contributed by atoms with Crippen molar-refractivity contribution in [1.82, 2.24) is 0 Å². The largest absolute Gasteiger partial charge is 0.478 e. The van der Waals surface area contributed by atoms with Crippen molar-refractivity contribution in [2.45, 2.75) is 0 Å². The van der Waals surface area contributed by atoms with Crippen LogP contribution in [0.1, 0.15) is 31.1 Å². The summed E-state index contributed by atoms with van der Waals surface area (Å²) < 4.78 is 5.09. The summed E-state index contributed by atoms with van der Waals surface area (Å²) in [6.07, 6.45) is 0. The normalized spacial score (nSPS) is 9.95. The van der Waals surface area contributed by atoms with E-state index in [-0.39, 0.29) is 16.9 Å². The van der Waals surface area contributed by atoms with Crippen molar-refractivity contribution in [3.8, 4) is 5.75 Å². The van der Waals surface area contributed by atoms with Crippen molar-refractivity contribution in [3.05, 3.63) is 65.2 Å². The van der Waals surface area contributed by atoms with Gasteiger partial charge in [0.25, 0.3) is 5.24 Å². The van der Waals surface area contributed by atoms with Gasteiger partial charge in [-0.15, -0.1) is 0 Å².